The first kappa shape index (κ1) is 7.37. The quantitative estimate of drug-likeness (QED) is 0.692. The number of ether oxygens (including phenoxy) is 1. The molecule has 4 unspecified atom stereocenters. The van der Waals surface area contributed by atoms with Crippen molar-refractivity contribution in [3.8, 4) is 5.75 Å². The third-order valence-electron chi connectivity index (χ3n) is 6.78. The summed E-state index contributed by atoms with van der Waals surface area (Å²) in [7, 11) is 1.78. The maximum Gasteiger partial charge on any atom is 0.119 e. The van der Waals surface area contributed by atoms with Crippen LogP contribution >= 0.6 is 0 Å². The molecule has 0 heterocycles. The normalized spacial score (nSPS) is 59.6. The number of hydrogen-bond donors (Lipinski definition) is 0. The predicted molar refractivity (Wildman–Crippen MR) is 59.4 cm³/mol. The summed E-state index contributed by atoms with van der Waals surface area (Å²) < 4.78 is 5.38. The van der Waals surface area contributed by atoms with Crippen LogP contribution in [0.5, 0.6) is 5.75 Å². The lowest BCUT2D eigenvalue weighted by Gasteiger charge is -2.93. The van der Waals surface area contributed by atoms with Crippen molar-refractivity contribution in [3.63, 3.8) is 0 Å². The Balaban J connectivity index is 1.63. The van der Waals surface area contributed by atoms with Gasteiger partial charge in [0.15, 0.2) is 0 Å². The van der Waals surface area contributed by atoms with Crippen LogP contribution in [-0.4, -0.2) is 7.11 Å². The third-order valence-corrected chi connectivity index (χ3v) is 6.78. The van der Waals surface area contributed by atoms with Crippen molar-refractivity contribution in [1.29, 1.82) is 0 Å². The molecule has 0 N–H and O–H groups in total. The zero-order valence-corrected chi connectivity index (χ0v) is 9.26. The highest BCUT2D eigenvalue weighted by molar-refractivity contribution is 5.56. The maximum atomic E-state index is 5.38. The molecule has 7 rings (SSSR count). The van der Waals surface area contributed by atoms with Crippen molar-refractivity contribution < 1.29 is 4.74 Å². The van der Waals surface area contributed by atoms with Crippen LogP contribution in [0.2, 0.25) is 0 Å². The number of benzene rings is 1. The Labute approximate surface area is 94.8 Å². The van der Waals surface area contributed by atoms with Crippen LogP contribution in [0.1, 0.15) is 23.0 Å². The summed E-state index contributed by atoms with van der Waals surface area (Å²) in [6, 6.07) is 6.86. The van der Waals surface area contributed by atoms with E-state index in [0.29, 0.717) is 0 Å². The Hall–Kier alpha value is -0.980. The van der Waals surface area contributed by atoms with Gasteiger partial charge in [0.25, 0.3) is 0 Å². The van der Waals surface area contributed by atoms with E-state index in [1.807, 2.05) is 0 Å². The van der Waals surface area contributed by atoms with Crippen molar-refractivity contribution in [2.45, 2.75) is 11.8 Å². The first-order valence-electron chi connectivity index (χ1n) is 6.59. The molecule has 0 amide bonds. The van der Waals surface area contributed by atoms with Gasteiger partial charge in [-0.2, -0.15) is 0 Å². The molecule has 6 aliphatic rings. The highest BCUT2D eigenvalue weighted by Gasteiger charge is 2.88. The molecule has 0 radical (unpaired) electrons. The SMILES string of the molecule is COc1ccc2c(c1)C1[C@@H]3C4C5[C@@H]3C2[C@@H]5[C@@H]14. The van der Waals surface area contributed by atoms with Crippen LogP contribution in [0.15, 0.2) is 18.2 Å². The fourth-order valence-corrected chi connectivity index (χ4v) is 6.51. The van der Waals surface area contributed by atoms with Crippen LogP contribution in [-0.2, 0) is 0 Å². The zero-order valence-electron chi connectivity index (χ0n) is 9.26. The lowest BCUT2D eigenvalue weighted by molar-refractivity contribution is -0.407. The van der Waals surface area contributed by atoms with Crippen LogP contribution in [0.4, 0.5) is 0 Å². The molecule has 4 fully saturated rings. The van der Waals surface area contributed by atoms with Crippen LogP contribution in [0.25, 0.3) is 0 Å². The minimum absolute atomic E-state index is 0.945. The van der Waals surface area contributed by atoms with Gasteiger partial charge in [-0.05, 0) is 70.6 Å². The lowest BCUT2D eigenvalue weighted by Crippen LogP contribution is -2.87. The molecule has 16 heavy (non-hydrogen) atoms. The molecule has 1 nitrogen and oxygen atoms in total. The average molecular weight is 210 g/mol. The largest absolute Gasteiger partial charge is 0.497 e. The van der Waals surface area contributed by atoms with Crippen molar-refractivity contribution in [2.24, 2.45) is 35.5 Å². The molecule has 1 heteroatoms. The first-order valence-corrected chi connectivity index (χ1v) is 6.59. The molecule has 80 valence electrons. The Morgan fingerprint density at radius 1 is 0.812 bits per heavy atom. The summed E-state index contributed by atoms with van der Waals surface area (Å²) in [4.78, 5) is 0. The fraction of sp³-hybridized carbons (Fsp3) is 0.600. The van der Waals surface area contributed by atoms with Gasteiger partial charge in [-0.25, -0.2) is 0 Å². The van der Waals surface area contributed by atoms with Crippen molar-refractivity contribution >= 4 is 0 Å². The van der Waals surface area contributed by atoms with Gasteiger partial charge in [-0.3, -0.25) is 0 Å². The molecular weight excluding hydrogens is 196 g/mol. The molecule has 4 saturated carbocycles. The minimum atomic E-state index is 0.945. The van der Waals surface area contributed by atoms with E-state index in [1.165, 1.54) is 11.8 Å². The Kier molecular flexibility index (Phi) is 0.843. The molecule has 0 saturated heterocycles. The summed E-state index contributed by atoms with van der Waals surface area (Å²) in [5.74, 6) is 9.78. The van der Waals surface area contributed by atoms with E-state index >= 15 is 0 Å². The molecule has 0 aromatic heterocycles. The second-order valence-electron chi connectivity index (χ2n) is 6.51. The molecule has 1 aromatic rings. The van der Waals surface area contributed by atoms with Gasteiger partial charge in [-0.15, -0.1) is 0 Å². The van der Waals surface area contributed by atoms with Crippen LogP contribution < -0.4 is 4.74 Å². The van der Waals surface area contributed by atoms with Gasteiger partial charge in [0.05, 0.1) is 7.11 Å². The Morgan fingerprint density at radius 2 is 1.44 bits per heavy atom. The monoisotopic (exact) mass is 210 g/mol. The number of hydrogen-bond acceptors (Lipinski definition) is 1. The van der Waals surface area contributed by atoms with Crippen molar-refractivity contribution in [3.05, 3.63) is 29.3 Å². The van der Waals surface area contributed by atoms with E-state index < -0.39 is 0 Å². The molecule has 1 aromatic carbocycles. The van der Waals surface area contributed by atoms with Gasteiger partial charge in [0.1, 0.15) is 5.75 Å². The Bertz CT molecular complexity index is 528. The predicted octanol–water partition coefficient (Wildman–Crippen LogP) is 2.63. The van der Waals surface area contributed by atoms with Crippen LogP contribution in [0.3, 0.4) is 0 Å². The molecule has 2 bridgehead atoms. The van der Waals surface area contributed by atoms with E-state index in [0.717, 1.165) is 41.3 Å². The summed E-state index contributed by atoms with van der Waals surface area (Å²) in [5.41, 5.74) is 3.36. The van der Waals surface area contributed by atoms with Crippen LogP contribution in [0, 0.1) is 35.5 Å². The van der Waals surface area contributed by atoms with E-state index in [-0.39, 0.29) is 0 Å². The zero-order chi connectivity index (χ0) is 10.2. The lowest BCUT2D eigenvalue weighted by atomic mass is 9.11. The first-order chi connectivity index (χ1) is 7.92. The second kappa shape index (κ2) is 1.83. The Morgan fingerprint density at radius 3 is 2.06 bits per heavy atom. The number of rotatable bonds is 1. The summed E-state index contributed by atoms with van der Waals surface area (Å²) in [5, 5.41) is 0. The summed E-state index contributed by atoms with van der Waals surface area (Å²) in [6.45, 7) is 0. The third kappa shape index (κ3) is 0.432. The van der Waals surface area contributed by atoms with E-state index in [4.69, 9.17) is 4.74 Å². The fourth-order valence-electron chi connectivity index (χ4n) is 6.51. The topological polar surface area (TPSA) is 9.23 Å². The van der Waals surface area contributed by atoms with Gasteiger partial charge < -0.3 is 4.74 Å². The minimum Gasteiger partial charge on any atom is -0.497 e. The summed E-state index contributed by atoms with van der Waals surface area (Å²) >= 11 is 0. The highest BCUT2D eigenvalue weighted by Crippen LogP contribution is 2.94. The van der Waals surface area contributed by atoms with Crippen molar-refractivity contribution in [1.82, 2.24) is 0 Å². The van der Waals surface area contributed by atoms with E-state index in [9.17, 15) is 0 Å². The average Bonchev–Trinajstić information content (AvgIpc) is 2.30. The van der Waals surface area contributed by atoms with Crippen molar-refractivity contribution in [2.75, 3.05) is 7.11 Å². The smallest absolute Gasteiger partial charge is 0.119 e. The highest BCUT2D eigenvalue weighted by atomic mass is 16.5. The number of methoxy groups -OCH3 is 1. The summed E-state index contributed by atoms with van der Waals surface area (Å²) in [6.07, 6.45) is 0. The van der Waals surface area contributed by atoms with Gasteiger partial charge in [-0.1, -0.05) is 6.07 Å². The molecule has 0 aliphatic heterocycles. The molecule has 8 atom stereocenters. The molecule has 0 spiro atoms. The van der Waals surface area contributed by atoms with E-state index in [2.05, 4.69) is 18.2 Å². The van der Waals surface area contributed by atoms with Gasteiger partial charge >= 0.3 is 0 Å². The second-order valence-corrected chi connectivity index (χ2v) is 6.51. The standard InChI is InChI=1S/C15H14O/c1-16-5-2-3-6-7(4-5)9-12-10-8(6)11-13(9)15(12)14(10)11/h2-4,8-15H,1H3/t8?,9?,10-,11-,12-,13+,14?,15?/m1/s1. The van der Waals surface area contributed by atoms with E-state index in [1.54, 1.807) is 18.2 Å². The van der Waals surface area contributed by atoms with Gasteiger partial charge in [0.2, 0.25) is 0 Å². The molecular formula is C15H14O. The van der Waals surface area contributed by atoms with Gasteiger partial charge in [0, 0.05) is 0 Å². The molecule has 6 aliphatic carbocycles. The maximum absolute atomic E-state index is 5.38.